The third-order valence-corrected chi connectivity index (χ3v) is 2.52. The third kappa shape index (κ3) is 2.24. The Morgan fingerprint density at radius 2 is 2.29 bits per heavy atom. The topological polar surface area (TPSA) is 56.0 Å². The Hall–Kier alpha value is -0.630. The van der Waals surface area contributed by atoms with E-state index in [1.54, 1.807) is 22.6 Å². The van der Waals surface area contributed by atoms with E-state index in [1.807, 2.05) is 0 Å². The molecule has 0 bridgehead atoms. The summed E-state index contributed by atoms with van der Waals surface area (Å²) in [5.41, 5.74) is 5.43. The van der Waals surface area contributed by atoms with Gasteiger partial charge in [0.05, 0.1) is 0 Å². The summed E-state index contributed by atoms with van der Waals surface area (Å²) >= 11 is 1.74. The van der Waals surface area contributed by atoms with Gasteiger partial charge in [-0.25, -0.2) is 13.8 Å². The maximum Gasteiger partial charge on any atom is 0.281 e. The van der Waals surface area contributed by atoms with Crippen LogP contribution in [0.2, 0.25) is 0 Å². The van der Waals surface area contributed by atoms with Crippen molar-refractivity contribution in [3.8, 4) is 0 Å². The number of rotatable bonds is 3. The lowest BCUT2D eigenvalue weighted by Gasteiger charge is -2.06. The Bertz CT molecular complexity index is 357. The van der Waals surface area contributed by atoms with E-state index >= 15 is 0 Å². The van der Waals surface area contributed by atoms with Crippen molar-refractivity contribution >= 4 is 28.9 Å². The van der Waals surface area contributed by atoms with Crippen LogP contribution in [0.15, 0.2) is 6.07 Å². The molecule has 1 aromatic heterocycles. The molecule has 0 amide bonds. The number of carbonyl (C=O) groups excluding carboxylic acids is 1. The Balaban J connectivity index is 3.30. The van der Waals surface area contributed by atoms with E-state index < -0.39 is 6.43 Å². The standard InChI is InChI=1S/C8H7F2IN2O/c9-8(10)7-5(11)1-4(2-12)6(3-14)13-7/h1,3,8H,2,12H2. The van der Waals surface area contributed by atoms with Crippen LogP contribution in [0.5, 0.6) is 0 Å². The second-order valence-corrected chi connectivity index (χ2v) is 3.68. The number of carbonyl (C=O) groups is 1. The molecule has 0 aromatic carbocycles. The van der Waals surface area contributed by atoms with Crippen molar-refractivity contribution in [3.05, 3.63) is 26.6 Å². The number of pyridine rings is 1. The minimum atomic E-state index is -2.67. The van der Waals surface area contributed by atoms with Gasteiger partial charge < -0.3 is 5.73 Å². The van der Waals surface area contributed by atoms with Gasteiger partial charge in [-0.3, -0.25) is 4.79 Å². The van der Waals surface area contributed by atoms with Crippen molar-refractivity contribution in [3.63, 3.8) is 0 Å². The van der Waals surface area contributed by atoms with E-state index in [2.05, 4.69) is 4.98 Å². The molecule has 0 fully saturated rings. The van der Waals surface area contributed by atoms with Crippen LogP contribution in [0.4, 0.5) is 8.78 Å². The minimum absolute atomic E-state index is 0.0109. The maximum absolute atomic E-state index is 12.4. The molecule has 0 spiro atoms. The number of halogens is 3. The fourth-order valence-corrected chi connectivity index (χ4v) is 1.71. The van der Waals surface area contributed by atoms with Gasteiger partial charge in [0.25, 0.3) is 6.43 Å². The average molecular weight is 312 g/mol. The number of nitrogens with zero attached hydrogens (tertiary/aromatic N) is 1. The Morgan fingerprint density at radius 1 is 1.64 bits per heavy atom. The molecule has 0 aliphatic heterocycles. The fraction of sp³-hybridized carbons (Fsp3) is 0.250. The first kappa shape index (κ1) is 11.4. The highest BCUT2D eigenvalue weighted by Crippen LogP contribution is 2.24. The predicted octanol–water partition coefficient (Wildman–Crippen LogP) is 1.90. The van der Waals surface area contributed by atoms with E-state index in [0.717, 1.165) is 0 Å². The molecule has 6 heteroatoms. The summed E-state index contributed by atoms with van der Waals surface area (Å²) in [6.07, 6.45) is -2.24. The van der Waals surface area contributed by atoms with Gasteiger partial charge in [0.15, 0.2) is 6.29 Å². The highest BCUT2D eigenvalue weighted by Gasteiger charge is 2.16. The molecule has 0 aliphatic carbocycles. The van der Waals surface area contributed by atoms with Crippen LogP contribution in [0.25, 0.3) is 0 Å². The van der Waals surface area contributed by atoms with Crippen LogP contribution in [-0.4, -0.2) is 11.3 Å². The SMILES string of the molecule is NCc1cc(I)c(C(F)F)nc1C=O. The van der Waals surface area contributed by atoms with Crippen LogP contribution >= 0.6 is 22.6 Å². The van der Waals surface area contributed by atoms with Crippen LogP contribution in [-0.2, 0) is 6.54 Å². The molecule has 0 atom stereocenters. The van der Waals surface area contributed by atoms with Gasteiger partial charge in [-0.1, -0.05) is 0 Å². The summed E-state index contributed by atoms with van der Waals surface area (Å²) in [6, 6.07) is 1.46. The Kier molecular flexibility index (Phi) is 3.87. The molecule has 1 heterocycles. The molecule has 3 nitrogen and oxygen atoms in total. The monoisotopic (exact) mass is 312 g/mol. The summed E-state index contributed by atoms with van der Waals surface area (Å²) in [7, 11) is 0. The van der Waals surface area contributed by atoms with E-state index in [4.69, 9.17) is 5.73 Å². The molecule has 0 aliphatic rings. The number of alkyl halides is 2. The van der Waals surface area contributed by atoms with Gasteiger partial charge in [-0.2, -0.15) is 0 Å². The van der Waals surface area contributed by atoms with Gasteiger partial charge in [0, 0.05) is 10.1 Å². The number of hydrogen-bond acceptors (Lipinski definition) is 3. The van der Waals surface area contributed by atoms with Crippen molar-refractivity contribution in [2.45, 2.75) is 13.0 Å². The molecular weight excluding hydrogens is 305 g/mol. The van der Waals surface area contributed by atoms with Crippen molar-refractivity contribution < 1.29 is 13.6 Å². The zero-order chi connectivity index (χ0) is 10.7. The molecule has 14 heavy (non-hydrogen) atoms. The van der Waals surface area contributed by atoms with E-state index in [1.165, 1.54) is 6.07 Å². The van der Waals surface area contributed by atoms with Gasteiger partial charge in [0.2, 0.25) is 0 Å². The Morgan fingerprint density at radius 3 is 2.71 bits per heavy atom. The first-order chi connectivity index (χ1) is 6.60. The molecule has 0 saturated carbocycles. The lowest BCUT2D eigenvalue weighted by Crippen LogP contribution is -2.07. The second-order valence-electron chi connectivity index (χ2n) is 2.52. The van der Waals surface area contributed by atoms with Crippen molar-refractivity contribution in [2.75, 3.05) is 0 Å². The minimum Gasteiger partial charge on any atom is -0.326 e. The molecule has 0 radical (unpaired) electrons. The normalized spacial score (nSPS) is 10.6. The quantitative estimate of drug-likeness (QED) is 0.685. The summed E-state index contributed by atoms with van der Waals surface area (Å²) in [5.74, 6) is 0. The lowest BCUT2D eigenvalue weighted by atomic mass is 10.2. The van der Waals surface area contributed by atoms with Crippen LogP contribution < -0.4 is 5.73 Å². The summed E-state index contributed by atoms with van der Waals surface area (Å²) in [5, 5.41) is 0. The summed E-state index contributed by atoms with van der Waals surface area (Å²) in [6.45, 7) is 0.112. The smallest absolute Gasteiger partial charge is 0.281 e. The molecule has 76 valence electrons. The number of aldehydes is 1. The molecule has 1 rings (SSSR count). The number of nitrogens with two attached hydrogens (primary N) is 1. The summed E-state index contributed by atoms with van der Waals surface area (Å²) in [4.78, 5) is 14.1. The predicted molar refractivity (Wildman–Crippen MR) is 55.2 cm³/mol. The first-order valence-electron chi connectivity index (χ1n) is 3.72. The number of hydrogen-bond donors (Lipinski definition) is 1. The Labute approximate surface area is 92.8 Å². The highest BCUT2D eigenvalue weighted by molar-refractivity contribution is 14.1. The molecule has 2 N–H and O–H groups in total. The molecule has 0 saturated heterocycles. The zero-order valence-corrected chi connectivity index (χ0v) is 9.16. The molecular formula is C8H7F2IN2O. The van der Waals surface area contributed by atoms with E-state index in [-0.39, 0.29) is 17.9 Å². The van der Waals surface area contributed by atoms with E-state index in [9.17, 15) is 13.6 Å². The van der Waals surface area contributed by atoms with Crippen molar-refractivity contribution in [2.24, 2.45) is 5.73 Å². The van der Waals surface area contributed by atoms with Gasteiger partial charge >= 0.3 is 0 Å². The van der Waals surface area contributed by atoms with Crippen LogP contribution in [0.3, 0.4) is 0 Å². The van der Waals surface area contributed by atoms with E-state index in [0.29, 0.717) is 15.4 Å². The van der Waals surface area contributed by atoms with Crippen LogP contribution in [0.1, 0.15) is 28.2 Å². The number of aromatic nitrogens is 1. The first-order valence-corrected chi connectivity index (χ1v) is 4.80. The fourth-order valence-electron chi connectivity index (χ4n) is 0.974. The third-order valence-electron chi connectivity index (χ3n) is 1.65. The van der Waals surface area contributed by atoms with Gasteiger partial charge in [0.1, 0.15) is 11.4 Å². The average Bonchev–Trinajstić information content (AvgIpc) is 2.16. The lowest BCUT2D eigenvalue weighted by molar-refractivity contribution is 0.111. The second kappa shape index (κ2) is 4.74. The van der Waals surface area contributed by atoms with Gasteiger partial charge in [-0.15, -0.1) is 0 Å². The zero-order valence-electron chi connectivity index (χ0n) is 7.01. The molecule has 1 aromatic rings. The van der Waals surface area contributed by atoms with Crippen molar-refractivity contribution in [1.82, 2.24) is 4.98 Å². The maximum atomic E-state index is 12.4. The van der Waals surface area contributed by atoms with Crippen molar-refractivity contribution in [1.29, 1.82) is 0 Å². The van der Waals surface area contributed by atoms with Gasteiger partial charge in [-0.05, 0) is 34.2 Å². The molecule has 0 unspecified atom stereocenters. The summed E-state index contributed by atoms with van der Waals surface area (Å²) < 4.78 is 25.1. The van der Waals surface area contributed by atoms with Crippen LogP contribution in [0, 0.1) is 3.57 Å². The highest BCUT2D eigenvalue weighted by atomic mass is 127. The largest absolute Gasteiger partial charge is 0.326 e.